The van der Waals surface area contributed by atoms with E-state index in [1.807, 2.05) is 20.8 Å². The molecule has 1 fully saturated rings. The van der Waals surface area contributed by atoms with E-state index in [9.17, 15) is 4.79 Å². The van der Waals surface area contributed by atoms with Crippen molar-refractivity contribution in [2.45, 2.75) is 78.2 Å². The normalized spacial score (nSPS) is 20.5. The van der Waals surface area contributed by atoms with Crippen molar-refractivity contribution in [2.75, 3.05) is 6.54 Å². The first kappa shape index (κ1) is 21.3. The largest absolute Gasteiger partial charge is 0.494 e. The third-order valence-corrected chi connectivity index (χ3v) is 6.61. The summed E-state index contributed by atoms with van der Waals surface area (Å²) in [4.78, 5) is 14.4. The molecule has 7 heteroatoms. The van der Waals surface area contributed by atoms with Gasteiger partial charge in [-0.25, -0.2) is 4.79 Å². The van der Waals surface area contributed by atoms with Gasteiger partial charge in [0.25, 0.3) is 0 Å². The molecule has 0 saturated carbocycles. The predicted molar refractivity (Wildman–Crippen MR) is 119 cm³/mol. The van der Waals surface area contributed by atoms with Gasteiger partial charge in [-0.15, -0.1) is 0 Å². The summed E-state index contributed by atoms with van der Waals surface area (Å²) in [7, 11) is 1.71. The van der Waals surface area contributed by atoms with Crippen LogP contribution in [0.4, 0.5) is 4.79 Å². The first-order valence-corrected chi connectivity index (χ1v) is 10.7. The Morgan fingerprint density at radius 2 is 1.77 bits per heavy atom. The van der Waals surface area contributed by atoms with Crippen LogP contribution in [0.15, 0.2) is 18.2 Å². The summed E-state index contributed by atoms with van der Waals surface area (Å²) in [6.07, 6.45) is 0.560. The van der Waals surface area contributed by atoms with Crippen LogP contribution in [0.25, 0.3) is 10.9 Å². The molecule has 162 valence electrons. The van der Waals surface area contributed by atoms with Crippen molar-refractivity contribution in [2.24, 2.45) is 7.05 Å². The highest BCUT2D eigenvalue weighted by Gasteiger charge is 2.51. The molecule has 0 N–H and O–H groups in total. The fourth-order valence-electron chi connectivity index (χ4n) is 4.20. The maximum absolute atomic E-state index is 12.6. The lowest BCUT2D eigenvalue weighted by Crippen LogP contribution is -2.41. The lowest BCUT2D eigenvalue weighted by atomic mass is 9.78. The minimum absolute atomic E-state index is 0.251. The summed E-state index contributed by atoms with van der Waals surface area (Å²) < 4.78 is 20.3. The molecule has 0 unspecified atom stereocenters. The van der Waals surface area contributed by atoms with Crippen molar-refractivity contribution in [3.63, 3.8) is 0 Å². The Morgan fingerprint density at radius 1 is 1.13 bits per heavy atom. The maximum atomic E-state index is 12.6. The monoisotopic (exact) mass is 412 g/mol. The van der Waals surface area contributed by atoms with Gasteiger partial charge < -0.3 is 23.5 Å². The number of ether oxygens (including phenoxy) is 1. The molecule has 3 heterocycles. The number of rotatable bonds is 1. The van der Waals surface area contributed by atoms with E-state index in [0.29, 0.717) is 13.1 Å². The molecular formula is C23H33BN2O4. The number of hydrogen-bond acceptors (Lipinski definition) is 4. The van der Waals surface area contributed by atoms with E-state index < -0.39 is 5.60 Å². The molecule has 6 nitrogen and oxygen atoms in total. The molecule has 2 aliphatic heterocycles. The Bertz CT molecular complexity index is 987. The fraction of sp³-hybridized carbons (Fsp3) is 0.609. The highest BCUT2D eigenvalue weighted by Crippen LogP contribution is 2.37. The lowest BCUT2D eigenvalue weighted by Gasteiger charge is -2.32. The number of carbonyl (C=O) groups excluding carboxylic acids is 1. The number of hydrogen-bond donors (Lipinski definition) is 0. The molecule has 1 saturated heterocycles. The average molecular weight is 412 g/mol. The van der Waals surface area contributed by atoms with E-state index >= 15 is 0 Å². The van der Waals surface area contributed by atoms with Crippen molar-refractivity contribution in [1.29, 1.82) is 0 Å². The van der Waals surface area contributed by atoms with Crippen molar-refractivity contribution < 1.29 is 18.8 Å². The number of amides is 1. The van der Waals surface area contributed by atoms with Crippen LogP contribution in [0, 0.1) is 0 Å². The van der Waals surface area contributed by atoms with Crippen LogP contribution < -0.4 is 5.46 Å². The summed E-state index contributed by atoms with van der Waals surface area (Å²) in [5.74, 6) is 0. The zero-order valence-electron chi connectivity index (χ0n) is 19.5. The van der Waals surface area contributed by atoms with Gasteiger partial charge in [0.1, 0.15) is 5.60 Å². The van der Waals surface area contributed by atoms with E-state index in [1.165, 1.54) is 16.6 Å². The first-order chi connectivity index (χ1) is 13.8. The molecule has 2 aromatic rings. The SMILES string of the molecule is Cn1c2c(c3ccc(B4OC(C)(C)C(C)(C)O4)cc31)CN(C(=O)OC(C)(C)C)CC2. The van der Waals surface area contributed by atoms with Crippen LogP contribution in [0.2, 0.25) is 0 Å². The van der Waals surface area contributed by atoms with E-state index in [4.69, 9.17) is 14.0 Å². The van der Waals surface area contributed by atoms with Crippen LogP contribution >= 0.6 is 0 Å². The van der Waals surface area contributed by atoms with Gasteiger partial charge in [0.05, 0.1) is 17.7 Å². The maximum Gasteiger partial charge on any atom is 0.494 e. The van der Waals surface area contributed by atoms with Gasteiger partial charge in [-0.2, -0.15) is 0 Å². The molecule has 1 aromatic heterocycles. The van der Waals surface area contributed by atoms with Gasteiger partial charge in [-0.3, -0.25) is 0 Å². The van der Waals surface area contributed by atoms with Crippen LogP contribution in [-0.4, -0.2) is 46.0 Å². The van der Waals surface area contributed by atoms with Gasteiger partial charge in [-0.05, 0) is 60.0 Å². The average Bonchev–Trinajstić information content (AvgIpc) is 3.03. The molecule has 0 bridgehead atoms. The Morgan fingerprint density at radius 3 is 2.37 bits per heavy atom. The zero-order valence-corrected chi connectivity index (χ0v) is 19.5. The van der Waals surface area contributed by atoms with E-state index in [1.54, 1.807) is 4.90 Å². The van der Waals surface area contributed by atoms with Crippen molar-refractivity contribution in [3.05, 3.63) is 29.5 Å². The molecule has 0 spiro atoms. The Kier molecular flexibility index (Phi) is 4.79. The summed E-state index contributed by atoms with van der Waals surface area (Å²) in [5.41, 5.74) is 3.40. The molecule has 1 aromatic carbocycles. The van der Waals surface area contributed by atoms with Crippen molar-refractivity contribution >= 4 is 29.6 Å². The zero-order chi connectivity index (χ0) is 22.1. The van der Waals surface area contributed by atoms with Crippen LogP contribution in [0.5, 0.6) is 0 Å². The molecule has 0 aliphatic carbocycles. The number of aromatic nitrogens is 1. The van der Waals surface area contributed by atoms with Crippen molar-refractivity contribution in [3.8, 4) is 0 Å². The number of carbonyl (C=O) groups is 1. The van der Waals surface area contributed by atoms with Crippen molar-refractivity contribution in [1.82, 2.24) is 9.47 Å². The molecular weight excluding hydrogens is 379 g/mol. The smallest absolute Gasteiger partial charge is 0.444 e. The summed E-state index contributed by atoms with van der Waals surface area (Å²) in [6, 6.07) is 6.37. The fourth-order valence-corrected chi connectivity index (χ4v) is 4.20. The van der Waals surface area contributed by atoms with E-state index in [2.05, 4.69) is 57.5 Å². The van der Waals surface area contributed by atoms with Crippen LogP contribution in [0.3, 0.4) is 0 Å². The highest BCUT2D eigenvalue weighted by atomic mass is 16.7. The second-order valence-corrected chi connectivity index (χ2v) is 10.5. The molecule has 0 radical (unpaired) electrons. The second-order valence-electron chi connectivity index (χ2n) is 10.5. The minimum Gasteiger partial charge on any atom is -0.444 e. The standard InChI is InChI=1S/C23H33BN2O4/c1-21(2,3)28-20(27)26-12-11-18-17(14-26)16-10-9-15(13-19(16)25(18)8)24-29-22(4,5)23(6,7)30-24/h9-10,13H,11-12,14H2,1-8H3. The summed E-state index contributed by atoms with van der Waals surface area (Å²) >= 11 is 0. The Labute approximate surface area is 179 Å². The third-order valence-electron chi connectivity index (χ3n) is 6.61. The second kappa shape index (κ2) is 6.76. The van der Waals surface area contributed by atoms with Crippen LogP contribution in [0.1, 0.15) is 59.7 Å². The molecule has 30 heavy (non-hydrogen) atoms. The Hall–Kier alpha value is -1.99. The van der Waals surface area contributed by atoms with Gasteiger partial charge >= 0.3 is 13.2 Å². The quantitative estimate of drug-likeness (QED) is 0.670. The first-order valence-electron chi connectivity index (χ1n) is 10.7. The molecule has 2 aliphatic rings. The Balaban J connectivity index is 1.64. The molecule has 1 amide bonds. The summed E-state index contributed by atoms with van der Waals surface area (Å²) in [5, 5.41) is 1.17. The van der Waals surface area contributed by atoms with E-state index in [0.717, 1.165) is 17.4 Å². The van der Waals surface area contributed by atoms with Crippen LogP contribution in [-0.2, 0) is 34.1 Å². The number of aryl methyl sites for hydroxylation is 1. The lowest BCUT2D eigenvalue weighted by molar-refractivity contribution is 0.00578. The number of fused-ring (bicyclic) bond motifs is 3. The van der Waals surface area contributed by atoms with Gasteiger partial charge in [0, 0.05) is 42.2 Å². The summed E-state index contributed by atoms with van der Waals surface area (Å²) in [6.45, 7) is 15.2. The number of benzene rings is 1. The van der Waals surface area contributed by atoms with Gasteiger partial charge in [-0.1, -0.05) is 12.1 Å². The minimum atomic E-state index is -0.492. The topological polar surface area (TPSA) is 52.9 Å². The van der Waals surface area contributed by atoms with Gasteiger partial charge in [0.15, 0.2) is 0 Å². The van der Waals surface area contributed by atoms with Gasteiger partial charge in [0.2, 0.25) is 0 Å². The predicted octanol–water partition coefficient (Wildman–Crippen LogP) is 3.77. The van der Waals surface area contributed by atoms with E-state index in [-0.39, 0.29) is 24.4 Å². The molecule has 4 rings (SSSR count). The molecule has 0 atom stereocenters. The number of nitrogens with zero attached hydrogens (tertiary/aromatic N) is 2. The third kappa shape index (κ3) is 3.52. The highest BCUT2D eigenvalue weighted by molar-refractivity contribution is 6.62.